The average molecular weight is 352 g/mol. The maximum absolute atomic E-state index is 12.5. The Morgan fingerprint density at radius 3 is 2.29 bits per heavy atom. The van der Waals surface area contributed by atoms with Crippen LogP contribution in [0.15, 0.2) is 17.0 Å². The van der Waals surface area contributed by atoms with Gasteiger partial charge in [-0.1, -0.05) is 18.5 Å². The van der Waals surface area contributed by atoms with Crippen LogP contribution in [0.3, 0.4) is 0 Å². The van der Waals surface area contributed by atoms with Gasteiger partial charge in [-0.3, -0.25) is 4.79 Å². The first-order chi connectivity index (χ1) is 9.41. The Hall–Kier alpha value is -0.780. The highest BCUT2D eigenvalue weighted by Gasteiger charge is 2.28. The number of rotatable bonds is 4. The lowest BCUT2D eigenvalue weighted by Crippen LogP contribution is -2.44. The van der Waals surface area contributed by atoms with Crippen molar-refractivity contribution in [1.29, 1.82) is 0 Å². The van der Waals surface area contributed by atoms with E-state index in [0.717, 1.165) is 6.42 Å². The quantitative estimate of drug-likeness (QED) is 0.774. The molecule has 1 aromatic rings. The van der Waals surface area contributed by atoms with Crippen LogP contribution in [0, 0.1) is 6.92 Å². The van der Waals surface area contributed by atoms with Crippen LogP contribution in [0.5, 0.6) is 0 Å². The zero-order valence-electron chi connectivity index (χ0n) is 12.7. The number of halogens is 2. The van der Waals surface area contributed by atoms with Crippen LogP contribution in [-0.4, -0.2) is 31.8 Å². The van der Waals surface area contributed by atoms with Crippen LogP contribution in [0.4, 0.5) is 0 Å². The largest absolute Gasteiger partial charge is 0.337 e. The van der Waals surface area contributed by atoms with E-state index in [4.69, 9.17) is 22.3 Å². The zero-order chi connectivity index (χ0) is 16.6. The number of carbonyl (C=O) groups excluding carboxylic acids is 1. The summed E-state index contributed by atoms with van der Waals surface area (Å²) in [5, 5.41) is 0.197. The molecule has 7 heteroatoms. The predicted molar refractivity (Wildman–Crippen MR) is 85.7 cm³/mol. The molecule has 21 heavy (non-hydrogen) atoms. The number of nitrogens with zero attached hydrogens (tertiary/aromatic N) is 1. The van der Waals surface area contributed by atoms with Gasteiger partial charge in [-0.2, -0.15) is 0 Å². The van der Waals surface area contributed by atoms with Gasteiger partial charge in [-0.15, -0.1) is 0 Å². The topological polar surface area (TPSA) is 54.5 Å². The number of carbonyl (C=O) groups is 1. The van der Waals surface area contributed by atoms with Crippen LogP contribution in [0.1, 0.15) is 43.1 Å². The third-order valence-corrected chi connectivity index (χ3v) is 5.72. The molecule has 0 aliphatic carbocycles. The molecule has 0 fully saturated rings. The first-order valence-corrected chi connectivity index (χ1v) is 9.13. The van der Waals surface area contributed by atoms with E-state index in [9.17, 15) is 13.2 Å². The number of amides is 1. The van der Waals surface area contributed by atoms with E-state index in [1.807, 2.05) is 20.8 Å². The van der Waals surface area contributed by atoms with Crippen molar-refractivity contribution < 1.29 is 13.2 Å². The van der Waals surface area contributed by atoms with Crippen molar-refractivity contribution in [2.45, 2.75) is 44.6 Å². The summed E-state index contributed by atoms with van der Waals surface area (Å²) in [6, 6.07) is 2.74. The van der Waals surface area contributed by atoms with Crippen molar-refractivity contribution in [2.24, 2.45) is 0 Å². The Morgan fingerprint density at radius 2 is 1.86 bits per heavy atom. The van der Waals surface area contributed by atoms with Crippen molar-refractivity contribution >= 4 is 37.2 Å². The monoisotopic (exact) mass is 351 g/mol. The number of benzene rings is 1. The highest BCUT2D eigenvalue weighted by molar-refractivity contribution is 8.13. The fourth-order valence-electron chi connectivity index (χ4n) is 1.74. The summed E-state index contributed by atoms with van der Waals surface area (Å²) in [5.74, 6) is -0.301. The molecule has 0 atom stereocenters. The molecule has 0 aromatic heterocycles. The molecule has 0 saturated carbocycles. The minimum atomic E-state index is -3.96. The number of hydrogen-bond acceptors (Lipinski definition) is 3. The van der Waals surface area contributed by atoms with Gasteiger partial charge in [0.2, 0.25) is 0 Å². The van der Waals surface area contributed by atoms with E-state index < -0.39 is 9.05 Å². The molecule has 0 radical (unpaired) electrons. The van der Waals surface area contributed by atoms with Crippen molar-refractivity contribution in [1.82, 2.24) is 4.90 Å². The van der Waals surface area contributed by atoms with Gasteiger partial charge in [-0.25, -0.2) is 8.42 Å². The van der Waals surface area contributed by atoms with Gasteiger partial charge in [0, 0.05) is 33.9 Å². The van der Waals surface area contributed by atoms with E-state index in [-0.39, 0.29) is 26.9 Å². The van der Waals surface area contributed by atoms with E-state index in [2.05, 4.69) is 0 Å². The van der Waals surface area contributed by atoms with Gasteiger partial charge >= 0.3 is 0 Å². The normalized spacial score (nSPS) is 12.3. The standard InChI is InChI=1S/C14H19Cl2NO3S/c1-6-14(3,4)17(5)13(18)10-7-11(15)9(2)12(8-10)21(16,19)20/h7-8H,6H2,1-5H3. The van der Waals surface area contributed by atoms with Crippen LogP contribution in [-0.2, 0) is 9.05 Å². The Morgan fingerprint density at radius 1 is 1.33 bits per heavy atom. The Balaban J connectivity index is 3.40. The van der Waals surface area contributed by atoms with E-state index in [1.54, 1.807) is 18.9 Å². The molecular weight excluding hydrogens is 333 g/mol. The SMILES string of the molecule is CCC(C)(C)N(C)C(=O)c1cc(Cl)c(C)c(S(=O)(=O)Cl)c1. The van der Waals surface area contributed by atoms with Crippen molar-refractivity contribution in [3.63, 3.8) is 0 Å². The lowest BCUT2D eigenvalue weighted by Gasteiger charge is -2.35. The molecule has 0 bridgehead atoms. The third kappa shape index (κ3) is 3.90. The van der Waals surface area contributed by atoms with Crippen molar-refractivity contribution in [3.05, 3.63) is 28.3 Å². The predicted octanol–water partition coefficient (Wildman–Crippen LogP) is 3.84. The maximum atomic E-state index is 12.5. The Labute approximate surface area is 135 Å². The highest BCUT2D eigenvalue weighted by Crippen LogP contribution is 2.29. The van der Waals surface area contributed by atoms with Gasteiger partial charge < -0.3 is 4.90 Å². The van der Waals surface area contributed by atoms with Gasteiger partial charge in [0.15, 0.2) is 0 Å². The number of hydrogen-bond donors (Lipinski definition) is 0. The third-order valence-electron chi connectivity index (χ3n) is 3.88. The lowest BCUT2D eigenvalue weighted by atomic mass is 9.98. The van der Waals surface area contributed by atoms with Crippen molar-refractivity contribution in [3.8, 4) is 0 Å². The average Bonchev–Trinajstić information content (AvgIpc) is 2.38. The van der Waals surface area contributed by atoms with E-state index >= 15 is 0 Å². The Bertz CT molecular complexity index is 669. The first kappa shape index (κ1) is 18.3. The second-order valence-corrected chi connectivity index (χ2v) is 8.49. The fourth-order valence-corrected chi connectivity index (χ4v) is 3.24. The van der Waals surface area contributed by atoms with Gasteiger partial charge in [0.25, 0.3) is 15.0 Å². The first-order valence-electron chi connectivity index (χ1n) is 6.44. The van der Waals surface area contributed by atoms with Crippen LogP contribution in [0.2, 0.25) is 5.02 Å². The smallest absolute Gasteiger partial charge is 0.261 e. The summed E-state index contributed by atoms with van der Waals surface area (Å²) in [6.07, 6.45) is 0.759. The summed E-state index contributed by atoms with van der Waals surface area (Å²) in [7, 11) is 3.11. The van der Waals surface area contributed by atoms with Gasteiger partial charge in [0.1, 0.15) is 0 Å². The molecule has 1 aromatic carbocycles. The second kappa shape index (κ2) is 6.15. The molecule has 0 N–H and O–H groups in total. The fraction of sp³-hybridized carbons (Fsp3) is 0.500. The molecule has 1 amide bonds. The summed E-state index contributed by atoms with van der Waals surface area (Å²) in [6.45, 7) is 7.38. The Kier molecular flexibility index (Phi) is 5.35. The molecule has 0 unspecified atom stereocenters. The summed E-state index contributed by atoms with van der Waals surface area (Å²) >= 11 is 6.03. The highest BCUT2D eigenvalue weighted by atomic mass is 35.7. The van der Waals surface area contributed by atoms with Crippen LogP contribution >= 0.6 is 22.3 Å². The summed E-state index contributed by atoms with van der Waals surface area (Å²) < 4.78 is 23.2. The lowest BCUT2D eigenvalue weighted by molar-refractivity contribution is 0.0620. The maximum Gasteiger partial charge on any atom is 0.261 e. The molecule has 0 saturated heterocycles. The molecule has 0 aliphatic heterocycles. The molecular formula is C14H19Cl2NO3S. The summed E-state index contributed by atoms with van der Waals surface area (Å²) in [4.78, 5) is 14.0. The van der Waals surface area contributed by atoms with Crippen LogP contribution in [0.25, 0.3) is 0 Å². The van der Waals surface area contributed by atoms with Gasteiger partial charge in [0.05, 0.1) is 4.90 Å². The van der Waals surface area contributed by atoms with Crippen molar-refractivity contribution in [2.75, 3.05) is 7.05 Å². The minimum absolute atomic E-state index is 0.136. The summed E-state index contributed by atoms with van der Waals surface area (Å²) in [5.41, 5.74) is 0.184. The van der Waals surface area contributed by atoms with E-state index in [1.165, 1.54) is 12.1 Å². The van der Waals surface area contributed by atoms with E-state index in [0.29, 0.717) is 5.56 Å². The molecule has 118 valence electrons. The molecule has 1 rings (SSSR count). The molecule has 0 heterocycles. The van der Waals surface area contributed by atoms with Gasteiger partial charge in [-0.05, 0) is 44.9 Å². The molecule has 0 spiro atoms. The second-order valence-electron chi connectivity index (χ2n) is 5.55. The molecule has 4 nitrogen and oxygen atoms in total. The molecule has 0 aliphatic rings. The van der Waals surface area contributed by atoms with Crippen LogP contribution < -0.4 is 0 Å². The zero-order valence-corrected chi connectivity index (χ0v) is 15.0. The minimum Gasteiger partial charge on any atom is -0.337 e.